The molecular formula is C11H17N3O. The Labute approximate surface area is 89.1 Å². The normalized spacial score (nSPS) is 17.8. The van der Waals surface area contributed by atoms with E-state index in [9.17, 15) is 4.79 Å². The second-order valence-electron chi connectivity index (χ2n) is 4.39. The predicted octanol–water partition coefficient (Wildman–Crippen LogP) is 0.597. The number of aromatic nitrogens is 2. The molecule has 1 fully saturated rings. The van der Waals surface area contributed by atoms with Crippen LogP contribution in [-0.4, -0.2) is 15.6 Å². The van der Waals surface area contributed by atoms with E-state index in [1.54, 1.807) is 10.6 Å². The second kappa shape index (κ2) is 3.77. The van der Waals surface area contributed by atoms with Crippen LogP contribution in [0.15, 0.2) is 10.9 Å². The quantitative estimate of drug-likeness (QED) is 0.789. The molecular weight excluding hydrogens is 190 g/mol. The van der Waals surface area contributed by atoms with Crippen LogP contribution in [0.25, 0.3) is 0 Å². The topological polar surface area (TPSA) is 60.9 Å². The van der Waals surface area contributed by atoms with E-state index < -0.39 is 0 Å². The molecule has 0 spiro atoms. The summed E-state index contributed by atoms with van der Waals surface area (Å²) in [5.74, 6) is 1.37. The largest absolute Gasteiger partial charge is 0.326 e. The highest BCUT2D eigenvalue weighted by Crippen LogP contribution is 2.31. The third-order valence-electron chi connectivity index (χ3n) is 2.95. The van der Waals surface area contributed by atoms with Crippen molar-refractivity contribution in [1.29, 1.82) is 0 Å². The van der Waals surface area contributed by atoms with Gasteiger partial charge in [0.1, 0.15) is 5.82 Å². The summed E-state index contributed by atoms with van der Waals surface area (Å²) in [7, 11) is 0. The smallest absolute Gasteiger partial charge is 0.253 e. The van der Waals surface area contributed by atoms with E-state index >= 15 is 0 Å². The highest BCUT2D eigenvalue weighted by atomic mass is 16.1. The van der Waals surface area contributed by atoms with Gasteiger partial charge in [0.25, 0.3) is 5.56 Å². The molecule has 1 unspecified atom stereocenters. The number of nitrogens with zero attached hydrogens (tertiary/aromatic N) is 2. The maximum Gasteiger partial charge on any atom is 0.253 e. The van der Waals surface area contributed by atoms with Crippen LogP contribution in [0.4, 0.5) is 0 Å². The fourth-order valence-corrected chi connectivity index (χ4v) is 1.87. The molecule has 1 saturated carbocycles. The van der Waals surface area contributed by atoms with Crippen LogP contribution >= 0.6 is 0 Å². The summed E-state index contributed by atoms with van der Waals surface area (Å²) in [6.45, 7) is 4.29. The Kier molecular flexibility index (Phi) is 2.61. The minimum atomic E-state index is 0.0103. The summed E-state index contributed by atoms with van der Waals surface area (Å²) in [6.07, 6.45) is 2.41. The Morgan fingerprint density at radius 2 is 2.27 bits per heavy atom. The van der Waals surface area contributed by atoms with Gasteiger partial charge in [-0.25, -0.2) is 4.98 Å². The summed E-state index contributed by atoms with van der Waals surface area (Å²) in [4.78, 5) is 16.0. The zero-order valence-corrected chi connectivity index (χ0v) is 9.23. The summed E-state index contributed by atoms with van der Waals surface area (Å²) < 4.78 is 1.68. The minimum absolute atomic E-state index is 0.0103. The minimum Gasteiger partial charge on any atom is -0.326 e. The molecule has 2 rings (SSSR count). The van der Waals surface area contributed by atoms with Gasteiger partial charge in [0.15, 0.2) is 0 Å². The fourth-order valence-electron chi connectivity index (χ4n) is 1.87. The molecule has 2 N–H and O–H groups in total. The lowest BCUT2D eigenvalue weighted by Gasteiger charge is -2.14. The number of nitrogens with two attached hydrogens (primary N) is 1. The number of aryl methyl sites for hydroxylation is 2. The predicted molar refractivity (Wildman–Crippen MR) is 58.7 cm³/mol. The van der Waals surface area contributed by atoms with Crippen molar-refractivity contribution in [2.24, 2.45) is 11.7 Å². The number of hydrogen-bond acceptors (Lipinski definition) is 3. The third kappa shape index (κ3) is 2.26. The van der Waals surface area contributed by atoms with E-state index in [0.29, 0.717) is 12.5 Å². The fraction of sp³-hybridized carbons (Fsp3) is 0.636. The monoisotopic (exact) mass is 207 g/mol. The van der Waals surface area contributed by atoms with Gasteiger partial charge in [0.05, 0.1) is 0 Å². The van der Waals surface area contributed by atoms with Crippen molar-refractivity contribution in [3.05, 3.63) is 27.9 Å². The molecule has 0 amide bonds. The maximum atomic E-state index is 11.7. The van der Waals surface area contributed by atoms with Crippen molar-refractivity contribution < 1.29 is 0 Å². The summed E-state index contributed by atoms with van der Waals surface area (Å²) >= 11 is 0. The Morgan fingerprint density at radius 1 is 1.60 bits per heavy atom. The van der Waals surface area contributed by atoms with Crippen LogP contribution < -0.4 is 11.3 Å². The molecule has 1 heterocycles. The van der Waals surface area contributed by atoms with E-state index in [0.717, 1.165) is 11.5 Å². The van der Waals surface area contributed by atoms with Gasteiger partial charge in [0.2, 0.25) is 0 Å². The Hall–Kier alpha value is -1.16. The summed E-state index contributed by atoms with van der Waals surface area (Å²) in [6, 6.07) is 1.66. The van der Waals surface area contributed by atoms with Crippen molar-refractivity contribution in [2.45, 2.75) is 39.3 Å². The van der Waals surface area contributed by atoms with E-state index in [2.05, 4.69) is 4.98 Å². The average molecular weight is 207 g/mol. The molecule has 1 atom stereocenters. The highest BCUT2D eigenvalue weighted by Gasteiger charge is 2.28. The van der Waals surface area contributed by atoms with Gasteiger partial charge in [-0.05, 0) is 32.6 Å². The van der Waals surface area contributed by atoms with Crippen LogP contribution in [0.5, 0.6) is 0 Å². The molecule has 4 nitrogen and oxygen atoms in total. The maximum absolute atomic E-state index is 11.7. The number of hydrogen-bond donors (Lipinski definition) is 1. The third-order valence-corrected chi connectivity index (χ3v) is 2.95. The SMILES string of the molecule is Cc1cc(=O)n(CC(N)C2CC2)c(C)n1. The zero-order chi connectivity index (χ0) is 11.0. The van der Waals surface area contributed by atoms with Crippen LogP contribution in [-0.2, 0) is 6.54 Å². The Balaban J connectivity index is 2.23. The molecule has 0 bridgehead atoms. The molecule has 0 aromatic carbocycles. The van der Waals surface area contributed by atoms with Crippen molar-refractivity contribution >= 4 is 0 Å². The first-order valence-electron chi connectivity index (χ1n) is 5.38. The molecule has 0 aliphatic heterocycles. The first kappa shape index (κ1) is 10.4. The first-order valence-corrected chi connectivity index (χ1v) is 5.38. The highest BCUT2D eigenvalue weighted by molar-refractivity contribution is 5.02. The van der Waals surface area contributed by atoms with Crippen LogP contribution in [0.3, 0.4) is 0 Å². The van der Waals surface area contributed by atoms with Crippen LogP contribution in [0.1, 0.15) is 24.4 Å². The van der Waals surface area contributed by atoms with Gasteiger partial charge in [-0.15, -0.1) is 0 Å². The van der Waals surface area contributed by atoms with Crippen molar-refractivity contribution in [1.82, 2.24) is 9.55 Å². The summed E-state index contributed by atoms with van der Waals surface area (Å²) in [5.41, 5.74) is 6.78. The average Bonchev–Trinajstić information content (AvgIpc) is 2.93. The van der Waals surface area contributed by atoms with Crippen molar-refractivity contribution in [2.75, 3.05) is 0 Å². The van der Waals surface area contributed by atoms with Gasteiger partial charge in [-0.3, -0.25) is 9.36 Å². The molecule has 1 aliphatic rings. The van der Waals surface area contributed by atoms with Gasteiger partial charge >= 0.3 is 0 Å². The second-order valence-corrected chi connectivity index (χ2v) is 4.39. The van der Waals surface area contributed by atoms with Crippen LogP contribution in [0.2, 0.25) is 0 Å². The number of rotatable bonds is 3. The van der Waals surface area contributed by atoms with Gasteiger partial charge in [-0.2, -0.15) is 0 Å². The Morgan fingerprint density at radius 3 is 2.80 bits per heavy atom. The summed E-state index contributed by atoms with van der Waals surface area (Å²) in [5, 5.41) is 0. The lowest BCUT2D eigenvalue weighted by atomic mass is 10.2. The lowest BCUT2D eigenvalue weighted by Crippen LogP contribution is -2.35. The molecule has 0 saturated heterocycles. The van der Waals surface area contributed by atoms with Gasteiger partial charge in [0, 0.05) is 24.3 Å². The van der Waals surface area contributed by atoms with E-state index in [4.69, 9.17) is 5.73 Å². The lowest BCUT2D eigenvalue weighted by molar-refractivity contribution is 0.479. The van der Waals surface area contributed by atoms with Crippen LogP contribution in [0, 0.1) is 19.8 Å². The molecule has 4 heteroatoms. The zero-order valence-electron chi connectivity index (χ0n) is 9.23. The molecule has 1 aliphatic carbocycles. The molecule has 82 valence electrons. The van der Waals surface area contributed by atoms with Gasteiger partial charge in [-0.1, -0.05) is 0 Å². The standard InChI is InChI=1S/C11H17N3O/c1-7-5-11(15)14(8(2)13-7)6-10(12)9-3-4-9/h5,9-10H,3-4,6,12H2,1-2H3. The van der Waals surface area contributed by atoms with E-state index in [1.165, 1.54) is 12.8 Å². The van der Waals surface area contributed by atoms with E-state index in [-0.39, 0.29) is 11.6 Å². The van der Waals surface area contributed by atoms with Crippen molar-refractivity contribution in [3.8, 4) is 0 Å². The molecule has 1 aromatic heterocycles. The first-order chi connectivity index (χ1) is 7.08. The molecule has 1 aromatic rings. The van der Waals surface area contributed by atoms with Crippen molar-refractivity contribution in [3.63, 3.8) is 0 Å². The van der Waals surface area contributed by atoms with Gasteiger partial charge < -0.3 is 5.73 Å². The van der Waals surface area contributed by atoms with E-state index in [1.807, 2.05) is 13.8 Å². The molecule has 15 heavy (non-hydrogen) atoms. The molecule has 0 radical (unpaired) electrons. The Bertz CT molecular complexity index is 420.